The summed E-state index contributed by atoms with van der Waals surface area (Å²) in [7, 11) is 1.93. The Morgan fingerprint density at radius 2 is 1.69 bits per heavy atom. The third-order valence-electron chi connectivity index (χ3n) is 7.91. The van der Waals surface area contributed by atoms with Gasteiger partial charge >= 0.3 is 6.36 Å². The second-order valence-electron chi connectivity index (χ2n) is 10.5. The lowest BCUT2D eigenvalue weighted by Crippen LogP contribution is -2.37. The summed E-state index contributed by atoms with van der Waals surface area (Å²) in [5, 5.41) is 0. The summed E-state index contributed by atoms with van der Waals surface area (Å²) >= 11 is 0. The number of likely N-dealkylation sites (N-methyl/N-ethyl adjacent to an activating group) is 1. The van der Waals surface area contributed by atoms with Gasteiger partial charge in [0.25, 0.3) is 0 Å². The highest BCUT2D eigenvalue weighted by Gasteiger charge is 2.41. The van der Waals surface area contributed by atoms with Gasteiger partial charge in [-0.25, -0.2) is 4.39 Å². The van der Waals surface area contributed by atoms with Crippen LogP contribution in [0.1, 0.15) is 50.0 Å². The molecule has 2 aromatic carbocycles. The van der Waals surface area contributed by atoms with E-state index in [1.165, 1.54) is 37.1 Å². The zero-order chi connectivity index (χ0) is 25.3. The monoisotopic (exact) mass is 506 g/mol. The van der Waals surface area contributed by atoms with Gasteiger partial charge in [0.05, 0.1) is 12.3 Å². The van der Waals surface area contributed by atoms with Gasteiger partial charge in [-0.3, -0.25) is 0 Å². The molecule has 0 bridgehead atoms. The third kappa shape index (κ3) is 6.07. The van der Waals surface area contributed by atoms with Crippen molar-refractivity contribution in [3.8, 4) is 11.5 Å². The molecule has 2 aliphatic carbocycles. The molecule has 3 unspecified atom stereocenters. The first-order valence-corrected chi connectivity index (χ1v) is 13.0. The van der Waals surface area contributed by atoms with Gasteiger partial charge in [0.15, 0.2) is 0 Å². The Morgan fingerprint density at radius 3 is 2.36 bits per heavy atom. The average Bonchev–Trinajstić information content (AvgIpc) is 3.35. The van der Waals surface area contributed by atoms with E-state index in [1.807, 2.05) is 19.2 Å². The largest absolute Gasteiger partial charge is 0.573 e. The molecule has 0 spiro atoms. The number of ether oxygens (including phenoxy) is 2. The maximum Gasteiger partial charge on any atom is 0.573 e. The van der Waals surface area contributed by atoms with Crippen LogP contribution in [0.5, 0.6) is 11.5 Å². The maximum atomic E-state index is 13.8. The average molecular weight is 507 g/mol. The summed E-state index contributed by atoms with van der Waals surface area (Å²) in [5.41, 5.74) is 1.66. The third-order valence-corrected chi connectivity index (χ3v) is 7.91. The van der Waals surface area contributed by atoms with E-state index in [2.05, 4.69) is 14.5 Å². The number of halogens is 4. The number of likely N-dealkylation sites (tertiary alicyclic amines) is 1. The molecule has 2 aromatic rings. The predicted octanol–water partition coefficient (Wildman–Crippen LogP) is 6.61. The minimum Gasteiger partial charge on any atom is -0.491 e. The summed E-state index contributed by atoms with van der Waals surface area (Å²) < 4.78 is 63.1. The molecule has 196 valence electrons. The Bertz CT molecular complexity index is 1020. The minimum absolute atomic E-state index is 0.0347. The van der Waals surface area contributed by atoms with Crippen LogP contribution in [0.4, 0.5) is 23.2 Å². The molecule has 0 aromatic heterocycles. The van der Waals surface area contributed by atoms with Gasteiger partial charge in [-0.05, 0) is 93.3 Å². The van der Waals surface area contributed by atoms with Crippen LogP contribution in [-0.4, -0.2) is 50.6 Å². The number of benzene rings is 2. The zero-order valence-electron chi connectivity index (χ0n) is 20.6. The van der Waals surface area contributed by atoms with E-state index in [1.54, 1.807) is 6.07 Å². The van der Waals surface area contributed by atoms with Crippen molar-refractivity contribution in [2.45, 2.75) is 56.8 Å². The molecular weight excluding hydrogens is 472 g/mol. The van der Waals surface area contributed by atoms with Crippen LogP contribution in [0.15, 0.2) is 42.5 Å². The number of rotatable bonds is 9. The second kappa shape index (κ2) is 10.5. The molecule has 3 fully saturated rings. The van der Waals surface area contributed by atoms with Crippen molar-refractivity contribution in [2.24, 2.45) is 11.8 Å². The molecule has 36 heavy (non-hydrogen) atoms. The summed E-state index contributed by atoms with van der Waals surface area (Å²) in [6.45, 7) is 3.74. The van der Waals surface area contributed by atoms with Crippen molar-refractivity contribution in [1.29, 1.82) is 0 Å². The van der Waals surface area contributed by atoms with Crippen LogP contribution < -0.4 is 14.4 Å². The Balaban J connectivity index is 1.45. The molecule has 5 rings (SSSR count). The standard InChI is InChI=1S/C28H34F4N2O2/c1-33(25-16-23(36-28(30,31)32)11-13-26(25)35-18-19-4-5-19)24-12-8-21(17-34-14-2-3-15-34)27(24)20-6-9-22(29)10-7-20/h6-7,9-11,13,16,19,21,24,27H,2-5,8,12,14-15,17-18H2,1H3. The van der Waals surface area contributed by atoms with E-state index in [0.29, 0.717) is 29.9 Å². The molecule has 1 heterocycles. The van der Waals surface area contributed by atoms with Crippen molar-refractivity contribution in [1.82, 2.24) is 4.90 Å². The Kier molecular flexibility index (Phi) is 7.33. The molecule has 2 saturated carbocycles. The highest BCUT2D eigenvalue weighted by molar-refractivity contribution is 5.62. The van der Waals surface area contributed by atoms with Crippen LogP contribution in [0.2, 0.25) is 0 Å². The summed E-state index contributed by atoms with van der Waals surface area (Å²) in [6, 6.07) is 11.1. The summed E-state index contributed by atoms with van der Waals surface area (Å²) in [5.74, 6) is 1.06. The van der Waals surface area contributed by atoms with Crippen LogP contribution in [0, 0.1) is 17.7 Å². The smallest absolute Gasteiger partial charge is 0.491 e. The molecule has 8 heteroatoms. The van der Waals surface area contributed by atoms with E-state index in [9.17, 15) is 17.6 Å². The molecular formula is C28H34F4N2O2. The van der Waals surface area contributed by atoms with Gasteiger partial charge in [0.2, 0.25) is 0 Å². The molecule has 4 nitrogen and oxygen atoms in total. The van der Waals surface area contributed by atoms with Crippen molar-refractivity contribution in [3.05, 3.63) is 53.8 Å². The van der Waals surface area contributed by atoms with Gasteiger partial charge < -0.3 is 19.3 Å². The minimum atomic E-state index is -4.77. The van der Waals surface area contributed by atoms with Crippen molar-refractivity contribution in [2.75, 3.05) is 38.2 Å². The molecule has 1 saturated heterocycles. The fourth-order valence-corrected chi connectivity index (χ4v) is 5.94. The SMILES string of the molecule is CN(c1cc(OC(F)(F)F)ccc1OCC1CC1)C1CCC(CN2CCCC2)C1c1ccc(F)cc1. The fraction of sp³-hybridized carbons (Fsp3) is 0.571. The quantitative estimate of drug-likeness (QED) is 0.358. The van der Waals surface area contributed by atoms with Gasteiger partial charge in [0, 0.05) is 31.6 Å². The van der Waals surface area contributed by atoms with E-state index in [0.717, 1.165) is 50.9 Å². The predicted molar refractivity (Wildman–Crippen MR) is 131 cm³/mol. The molecule has 0 N–H and O–H groups in total. The lowest BCUT2D eigenvalue weighted by molar-refractivity contribution is -0.274. The number of alkyl halides is 3. The van der Waals surface area contributed by atoms with Gasteiger partial charge in [0.1, 0.15) is 17.3 Å². The van der Waals surface area contributed by atoms with Gasteiger partial charge in [-0.2, -0.15) is 0 Å². The topological polar surface area (TPSA) is 24.9 Å². The van der Waals surface area contributed by atoms with E-state index < -0.39 is 6.36 Å². The Morgan fingerprint density at radius 1 is 0.972 bits per heavy atom. The Labute approximate surface area is 210 Å². The Hall–Kier alpha value is -2.48. The van der Waals surface area contributed by atoms with Crippen molar-refractivity contribution in [3.63, 3.8) is 0 Å². The first kappa shape index (κ1) is 25.2. The fourth-order valence-electron chi connectivity index (χ4n) is 5.94. The number of anilines is 1. The lowest BCUT2D eigenvalue weighted by atomic mass is 9.85. The number of hydrogen-bond donors (Lipinski definition) is 0. The van der Waals surface area contributed by atoms with Crippen LogP contribution in [0.25, 0.3) is 0 Å². The van der Waals surface area contributed by atoms with E-state index in [4.69, 9.17) is 4.74 Å². The van der Waals surface area contributed by atoms with Gasteiger partial charge in [-0.15, -0.1) is 13.2 Å². The van der Waals surface area contributed by atoms with Crippen LogP contribution in [-0.2, 0) is 0 Å². The number of hydrogen-bond acceptors (Lipinski definition) is 4. The molecule has 3 atom stereocenters. The number of nitrogens with zero attached hydrogens (tertiary/aromatic N) is 2. The van der Waals surface area contributed by atoms with E-state index >= 15 is 0 Å². The normalized spacial score (nSPS) is 24.8. The summed E-state index contributed by atoms with van der Waals surface area (Å²) in [6.07, 6.45) is 1.79. The highest BCUT2D eigenvalue weighted by atomic mass is 19.4. The molecule has 1 aliphatic heterocycles. The zero-order valence-corrected chi connectivity index (χ0v) is 20.6. The first-order chi connectivity index (χ1) is 17.3. The highest BCUT2D eigenvalue weighted by Crippen LogP contribution is 2.46. The van der Waals surface area contributed by atoms with Crippen molar-refractivity contribution < 1.29 is 27.0 Å². The van der Waals surface area contributed by atoms with Gasteiger partial charge in [-0.1, -0.05) is 12.1 Å². The molecule has 0 radical (unpaired) electrons. The molecule has 0 amide bonds. The summed E-state index contributed by atoms with van der Waals surface area (Å²) in [4.78, 5) is 4.56. The second-order valence-corrected chi connectivity index (χ2v) is 10.5. The van der Waals surface area contributed by atoms with E-state index in [-0.39, 0.29) is 23.5 Å². The first-order valence-electron chi connectivity index (χ1n) is 13.0. The maximum absolute atomic E-state index is 13.8. The van der Waals surface area contributed by atoms with Crippen LogP contribution >= 0.6 is 0 Å². The molecule has 3 aliphatic rings. The van der Waals surface area contributed by atoms with Crippen molar-refractivity contribution >= 4 is 5.69 Å². The van der Waals surface area contributed by atoms with Crippen LogP contribution in [0.3, 0.4) is 0 Å². The lowest BCUT2D eigenvalue weighted by Gasteiger charge is -2.36.